The fraction of sp³-hybridized carbons (Fsp3) is 0.286. The molecule has 0 saturated carbocycles. The van der Waals surface area contributed by atoms with E-state index in [-0.39, 0.29) is 0 Å². The predicted molar refractivity (Wildman–Crippen MR) is 40.9 cm³/mol. The minimum Gasteiger partial charge on any atom is -0.497 e. The maximum Gasteiger partial charge on any atom is 0.121 e. The number of aromatic nitrogens is 1. The molecule has 0 aliphatic heterocycles. The fourth-order valence-corrected chi connectivity index (χ4v) is 0.732. The third-order valence-corrected chi connectivity index (χ3v) is 1.37. The van der Waals surface area contributed by atoms with E-state index in [0.717, 1.165) is 5.69 Å². The summed E-state index contributed by atoms with van der Waals surface area (Å²) in [6, 6.07) is 1.74. The van der Waals surface area contributed by atoms with Crippen LogP contribution in [0.1, 0.15) is 5.69 Å². The van der Waals surface area contributed by atoms with Gasteiger partial charge in [0.05, 0.1) is 7.11 Å². The van der Waals surface area contributed by atoms with Crippen molar-refractivity contribution >= 4 is 13.3 Å². The Morgan fingerprint density at radius 3 is 2.80 bits per heavy atom. The highest BCUT2D eigenvalue weighted by molar-refractivity contribution is 6.35. The summed E-state index contributed by atoms with van der Waals surface area (Å²) in [6.07, 6.45) is 1.67. The van der Waals surface area contributed by atoms with E-state index in [9.17, 15) is 0 Å². The van der Waals surface area contributed by atoms with Crippen molar-refractivity contribution < 1.29 is 4.74 Å². The highest BCUT2D eigenvalue weighted by Crippen LogP contribution is 2.03. The summed E-state index contributed by atoms with van der Waals surface area (Å²) in [5.41, 5.74) is 1.42. The van der Waals surface area contributed by atoms with Crippen molar-refractivity contribution in [1.29, 1.82) is 0 Å². The van der Waals surface area contributed by atoms with Crippen molar-refractivity contribution in [2.75, 3.05) is 7.11 Å². The Morgan fingerprint density at radius 2 is 2.30 bits per heavy atom. The number of hydrogen-bond acceptors (Lipinski definition) is 2. The van der Waals surface area contributed by atoms with Gasteiger partial charge in [-0.25, -0.2) is 0 Å². The van der Waals surface area contributed by atoms with E-state index in [2.05, 4.69) is 4.98 Å². The molecule has 3 heteroatoms. The lowest BCUT2D eigenvalue weighted by atomic mass is 9.94. The van der Waals surface area contributed by atoms with Crippen LogP contribution in [-0.4, -0.2) is 19.9 Å². The molecule has 0 atom stereocenters. The number of hydrogen-bond donors (Lipinski definition) is 0. The largest absolute Gasteiger partial charge is 0.497 e. The van der Waals surface area contributed by atoms with Crippen LogP contribution in [-0.2, 0) is 0 Å². The van der Waals surface area contributed by atoms with Gasteiger partial charge in [0, 0.05) is 11.9 Å². The summed E-state index contributed by atoms with van der Waals surface area (Å²) in [4.78, 5) is 3.98. The number of aryl methyl sites for hydroxylation is 1. The molecule has 50 valence electrons. The topological polar surface area (TPSA) is 22.1 Å². The molecule has 1 aromatic rings. The number of pyridine rings is 1. The van der Waals surface area contributed by atoms with Gasteiger partial charge in [-0.2, -0.15) is 0 Å². The molecule has 0 aromatic carbocycles. The normalized spacial score (nSPS) is 9.40. The molecular formula is C7H8BNO. The lowest BCUT2D eigenvalue weighted by Gasteiger charge is -2.04. The van der Waals surface area contributed by atoms with Gasteiger partial charge < -0.3 is 4.74 Å². The summed E-state index contributed by atoms with van der Waals surface area (Å²) in [7, 11) is 7.19. The average Bonchev–Trinajstić information content (AvgIpc) is 1.95. The van der Waals surface area contributed by atoms with Crippen molar-refractivity contribution in [3.63, 3.8) is 0 Å². The quantitative estimate of drug-likeness (QED) is 0.510. The Labute approximate surface area is 61.6 Å². The van der Waals surface area contributed by atoms with Gasteiger partial charge in [-0.3, -0.25) is 4.98 Å². The third kappa shape index (κ3) is 1.13. The fourth-order valence-electron chi connectivity index (χ4n) is 0.732. The molecule has 1 heterocycles. The Bertz CT molecular complexity index is 237. The average molecular weight is 133 g/mol. The third-order valence-electron chi connectivity index (χ3n) is 1.37. The first-order chi connectivity index (χ1) is 4.75. The lowest BCUT2D eigenvalue weighted by molar-refractivity contribution is 0.417. The van der Waals surface area contributed by atoms with Crippen LogP contribution < -0.4 is 10.2 Å². The predicted octanol–water partition coefficient (Wildman–Crippen LogP) is 0.192. The van der Waals surface area contributed by atoms with Crippen LogP contribution in [0.25, 0.3) is 0 Å². The molecule has 0 saturated heterocycles. The monoisotopic (exact) mass is 133 g/mol. The van der Waals surface area contributed by atoms with Crippen LogP contribution in [0, 0.1) is 6.92 Å². The van der Waals surface area contributed by atoms with E-state index in [4.69, 9.17) is 12.6 Å². The molecule has 0 bridgehead atoms. The van der Waals surface area contributed by atoms with Gasteiger partial charge in [0.15, 0.2) is 0 Å². The van der Waals surface area contributed by atoms with Crippen molar-refractivity contribution in [3.8, 4) is 5.75 Å². The van der Waals surface area contributed by atoms with Gasteiger partial charge in [0.2, 0.25) is 0 Å². The first-order valence-electron chi connectivity index (χ1n) is 3.00. The van der Waals surface area contributed by atoms with Crippen LogP contribution in [0.2, 0.25) is 0 Å². The maximum absolute atomic E-state index is 5.61. The number of rotatable bonds is 1. The zero-order valence-electron chi connectivity index (χ0n) is 6.09. The first kappa shape index (κ1) is 7.13. The highest BCUT2D eigenvalue weighted by atomic mass is 16.5. The van der Waals surface area contributed by atoms with E-state index in [0.29, 0.717) is 11.2 Å². The highest BCUT2D eigenvalue weighted by Gasteiger charge is 1.98. The van der Waals surface area contributed by atoms with Crippen LogP contribution >= 0.6 is 0 Å². The summed E-state index contributed by atoms with van der Waals surface area (Å²) in [6.45, 7) is 1.85. The number of methoxy groups -OCH3 is 1. The van der Waals surface area contributed by atoms with Crippen molar-refractivity contribution in [3.05, 3.63) is 18.0 Å². The lowest BCUT2D eigenvalue weighted by Crippen LogP contribution is -2.12. The van der Waals surface area contributed by atoms with Crippen molar-refractivity contribution in [2.45, 2.75) is 6.92 Å². The van der Waals surface area contributed by atoms with E-state index in [1.807, 2.05) is 6.92 Å². The van der Waals surface area contributed by atoms with Crippen molar-refractivity contribution in [2.24, 2.45) is 0 Å². The summed E-state index contributed by atoms with van der Waals surface area (Å²) < 4.78 is 4.96. The first-order valence-corrected chi connectivity index (χ1v) is 3.00. The summed E-state index contributed by atoms with van der Waals surface area (Å²) >= 11 is 0. The zero-order valence-corrected chi connectivity index (χ0v) is 6.09. The molecule has 0 aliphatic rings. The summed E-state index contributed by atoms with van der Waals surface area (Å²) in [5.74, 6) is 0.688. The van der Waals surface area contributed by atoms with Crippen LogP contribution in [0.15, 0.2) is 12.3 Å². The van der Waals surface area contributed by atoms with Gasteiger partial charge in [-0.15, -0.1) is 0 Å². The number of ether oxygens (including phenoxy) is 1. The van der Waals surface area contributed by atoms with Crippen molar-refractivity contribution in [1.82, 2.24) is 4.98 Å². The van der Waals surface area contributed by atoms with E-state index in [1.54, 1.807) is 19.4 Å². The van der Waals surface area contributed by atoms with E-state index >= 15 is 0 Å². The standard InChI is InChI=1S/C7H8BNO/c1-5-7(8)6(10-2)3-4-9-5/h3-4H,1-2H3. The smallest absolute Gasteiger partial charge is 0.121 e. The second-order valence-electron chi connectivity index (χ2n) is 2.01. The maximum atomic E-state index is 5.61. The summed E-state index contributed by atoms with van der Waals surface area (Å²) in [5, 5.41) is 0. The van der Waals surface area contributed by atoms with Gasteiger partial charge in [0.25, 0.3) is 0 Å². The molecule has 2 nitrogen and oxygen atoms in total. The molecule has 1 aromatic heterocycles. The molecular weight excluding hydrogens is 125 g/mol. The molecule has 0 amide bonds. The molecule has 0 fully saturated rings. The SMILES string of the molecule is [B]c1c(OC)ccnc1C. The second-order valence-corrected chi connectivity index (χ2v) is 2.01. The Balaban J connectivity index is 3.14. The molecule has 0 unspecified atom stereocenters. The number of nitrogens with zero attached hydrogens (tertiary/aromatic N) is 1. The Hall–Kier alpha value is -0.985. The van der Waals surface area contributed by atoms with Gasteiger partial charge in [-0.1, -0.05) is 0 Å². The van der Waals surface area contributed by atoms with Gasteiger partial charge >= 0.3 is 0 Å². The van der Waals surface area contributed by atoms with E-state index in [1.165, 1.54) is 0 Å². The molecule has 0 aliphatic carbocycles. The minimum absolute atomic E-state index is 0.616. The van der Waals surface area contributed by atoms with Gasteiger partial charge in [-0.05, 0) is 18.5 Å². The molecule has 0 N–H and O–H groups in total. The van der Waals surface area contributed by atoms with Crippen LogP contribution in [0.4, 0.5) is 0 Å². The minimum atomic E-state index is 0.616. The molecule has 1 rings (SSSR count). The zero-order chi connectivity index (χ0) is 7.56. The van der Waals surface area contributed by atoms with Crippen LogP contribution in [0.5, 0.6) is 5.75 Å². The van der Waals surface area contributed by atoms with E-state index < -0.39 is 0 Å². The molecule has 0 spiro atoms. The molecule has 2 radical (unpaired) electrons. The Kier molecular flexibility index (Phi) is 1.95. The van der Waals surface area contributed by atoms with Gasteiger partial charge in [0.1, 0.15) is 13.6 Å². The molecule has 10 heavy (non-hydrogen) atoms. The second kappa shape index (κ2) is 2.73. The Morgan fingerprint density at radius 1 is 1.60 bits per heavy atom. The van der Waals surface area contributed by atoms with Crippen LogP contribution in [0.3, 0.4) is 0 Å².